The summed E-state index contributed by atoms with van der Waals surface area (Å²) in [7, 11) is 0. The molecule has 2 rings (SSSR count). The fraction of sp³-hybridized carbons (Fsp3) is 0.857. The summed E-state index contributed by atoms with van der Waals surface area (Å²) in [4.78, 5) is 25.1. The van der Waals surface area contributed by atoms with Crippen LogP contribution in [0, 0.1) is 11.8 Å². The van der Waals surface area contributed by atoms with E-state index in [1.165, 1.54) is 6.42 Å². The normalized spacial score (nSPS) is 30.6. The van der Waals surface area contributed by atoms with E-state index in [0.717, 1.165) is 38.8 Å². The zero-order valence-corrected chi connectivity index (χ0v) is 11.6. The average molecular weight is 268 g/mol. The van der Waals surface area contributed by atoms with Gasteiger partial charge in [-0.1, -0.05) is 19.8 Å². The summed E-state index contributed by atoms with van der Waals surface area (Å²) in [6.45, 7) is 3.80. The Morgan fingerprint density at radius 1 is 1.32 bits per heavy atom. The highest BCUT2D eigenvalue weighted by molar-refractivity contribution is 5.77. The number of amides is 2. The molecule has 0 aromatic heterocycles. The second kappa shape index (κ2) is 6.26. The van der Waals surface area contributed by atoms with Gasteiger partial charge in [0.05, 0.1) is 5.92 Å². The molecule has 19 heavy (non-hydrogen) atoms. The highest BCUT2D eigenvalue weighted by Gasteiger charge is 2.35. The number of hydrogen-bond acceptors (Lipinski definition) is 2. The Morgan fingerprint density at radius 2 is 2.11 bits per heavy atom. The molecule has 2 amide bonds. The second-order valence-corrected chi connectivity index (χ2v) is 5.82. The Bertz CT molecular complexity index is 346. The monoisotopic (exact) mass is 268 g/mol. The molecule has 1 aliphatic heterocycles. The van der Waals surface area contributed by atoms with Crippen molar-refractivity contribution in [3.8, 4) is 0 Å². The first-order chi connectivity index (χ1) is 9.11. The SMILES string of the molecule is CCCC1CCN(C(=O)NC2CCCC2C(=O)O)C1. The Labute approximate surface area is 114 Å². The zero-order chi connectivity index (χ0) is 13.8. The maximum Gasteiger partial charge on any atom is 0.317 e. The molecule has 3 atom stereocenters. The molecule has 0 radical (unpaired) electrons. The molecule has 5 heteroatoms. The van der Waals surface area contributed by atoms with Crippen LogP contribution in [0.3, 0.4) is 0 Å². The molecule has 2 aliphatic rings. The van der Waals surface area contributed by atoms with Gasteiger partial charge in [-0.3, -0.25) is 4.79 Å². The van der Waals surface area contributed by atoms with Crippen LogP contribution in [0.4, 0.5) is 4.79 Å². The van der Waals surface area contributed by atoms with Gasteiger partial charge in [-0.25, -0.2) is 4.79 Å². The topological polar surface area (TPSA) is 69.6 Å². The van der Waals surface area contributed by atoms with Gasteiger partial charge in [-0.2, -0.15) is 0 Å². The van der Waals surface area contributed by atoms with Crippen LogP contribution in [0.2, 0.25) is 0 Å². The molecule has 1 heterocycles. The van der Waals surface area contributed by atoms with Crippen molar-refractivity contribution >= 4 is 12.0 Å². The van der Waals surface area contributed by atoms with Crippen LogP contribution in [0.5, 0.6) is 0 Å². The molecular formula is C14H24N2O3. The van der Waals surface area contributed by atoms with Gasteiger partial charge in [0.15, 0.2) is 0 Å². The minimum absolute atomic E-state index is 0.0725. The van der Waals surface area contributed by atoms with Gasteiger partial charge < -0.3 is 15.3 Å². The van der Waals surface area contributed by atoms with Gasteiger partial charge in [0.1, 0.15) is 0 Å². The van der Waals surface area contributed by atoms with Gasteiger partial charge >= 0.3 is 12.0 Å². The maximum absolute atomic E-state index is 12.1. The quantitative estimate of drug-likeness (QED) is 0.820. The van der Waals surface area contributed by atoms with Crippen molar-refractivity contribution in [2.24, 2.45) is 11.8 Å². The summed E-state index contributed by atoms with van der Waals surface area (Å²) in [5.41, 5.74) is 0. The number of carboxylic acid groups (broad SMARTS) is 1. The van der Waals surface area contributed by atoms with E-state index in [1.807, 2.05) is 4.90 Å². The third-order valence-corrected chi connectivity index (χ3v) is 4.41. The van der Waals surface area contributed by atoms with Crippen molar-refractivity contribution < 1.29 is 14.7 Å². The van der Waals surface area contributed by atoms with E-state index in [-0.39, 0.29) is 12.1 Å². The third-order valence-electron chi connectivity index (χ3n) is 4.41. The molecule has 5 nitrogen and oxygen atoms in total. The summed E-state index contributed by atoms with van der Waals surface area (Å²) in [6.07, 6.45) is 5.76. The molecule has 2 N–H and O–H groups in total. The number of carbonyl (C=O) groups is 2. The molecule has 3 unspecified atom stereocenters. The molecule has 1 aliphatic carbocycles. The first-order valence-electron chi connectivity index (χ1n) is 7.40. The van der Waals surface area contributed by atoms with E-state index in [1.54, 1.807) is 0 Å². The van der Waals surface area contributed by atoms with E-state index < -0.39 is 11.9 Å². The van der Waals surface area contributed by atoms with E-state index in [2.05, 4.69) is 12.2 Å². The largest absolute Gasteiger partial charge is 0.481 e. The van der Waals surface area contributed by atoms with Crippen LogP contribution in [0.25, 0.3) is 0 Å². The molecule has 2 fully saturated rings. The lowest BCUT2D eigenvalue weighted by Crippen LogP contribution is -2.46. The molecule has 1 saturated carbocycles. The number of aliphatic carboxylic acids is 1. The molecule has 0 aromatic rings. The average Bonchev–Trinajstić information content (AvgIpc) is 2.98. The Balaban J connectivity index is 1.83. The van der Waals surface area contributed by atoms with Crippen molar-refractivity contribution in [3.05, 3.63) is 0 Å². The smallest absolute Gasteiger partial charge is 0.317 e. The number of likely N-dealkylation sites (tertiary alicyclic amines) is 1. The lowest BCUT2D eigenvalue weighted by atomic mass is 10.0. The Morgan fingerprint density at radius 3 is 2.79 bits per heavy atom. The lowest BCUT2D eigenvalue weighted by Gasteiger charge is -2.23. The summed E-state index contributed by atoms with van der Waals surface area (Å²) in [5.74, 6) is -0.569. The van der Waals surface area contributed by atoms with Crippen molar-refractivity contribution in [2.45, 2.75) is 51.5 Å². The van der Waals surface area contributed by atoms with E-state index in [4.69, 9.17) is 5.11 Å². The highest BCUT2D eigenvalue weighted by Crippen LogP contribution is 2.27. The summed E-state index contributed by atoms with van der Waals surface area (Å²) in [6, 6.07) is -0.257. The predicted octanol–water partition coefficient (Wildman–Crippen LogP) is 2.07. The third kappa shape index (κ3) is 3.39. The number of rotatable bonds is 4. The van der Waals surface area contributed by atoms with Gasteiger partial charge in [0, 0.05) is 19.1 Å². The standard InChI is InChI=1S/C14H24N2O3/c1-2-4-10-7-8-16(9-10)14(19)15-12-6-3-5-11(12)13(17)18/h10-12H,2-9H2,1H3,(H,15,19)(H,17,18). The van der Waals surface area contributed by atoms with Crippen LogP contribution >= 0.6 is 0 Å². The Kier molecular flexibility index (Phi) is 4.66. The van der Waals surface area contributed by atoms with E-state index in [9.17, 15) is 9.59 Å². The van der Waals surface area contributed by atoms with Gasteiger partial charge in [0.2, 0.25) is 0 Å². The summed E-state index contributed by atoms with van der Waals surface area (Å²) >= 11 is 0. The number of hydrogen-bond donors (Lipinski definition) is 2. The molecular weight excluding hydrogens is 244 g/mol. The summed E-state index contributed by atoms with van der Waals surface area (Å²) < 4.78 is 0. The maximum atomic E-state index is 12.1. The molecule has 0 aromatic carbocycles. The molecule has 108 valence electrons. The fourth-order valence-electron chi connectivity index (χ4n) is 3.34. The highest BCUT2D eigenvalue weighted by atomic mass is 16.4. The van der Waals surface area contributed by atoms with Gasteiger partial charge in [-0.05, 0) is 31.6 Å². The second-order valence-electron chi connectivity index (χ2n) is 5.82. The fourth-order valence-corrected chi connectivity index (χ4v) is 3.34. The van der Waals surface area contributed by atoms with Crippen LogP contribution in [0.1, 0.15) is 45.4 Å². The summed E-state index contributed by atoms with van der Waals surface area (Å²) in [5, 5.41) is 12.0. The number of urea groups is 1. The van der Waals surface area contributed by atoms with Crippen molar-refractivity contribution in [2.75, 3.05) is 13.1 Å². The van der Waals surface area contributed by atoms with Crippen molar-refractivity contribution in [1.82, 2.24) is 10.2 Å². The number of carbonyl (C=O) groups excluding carboxylic acids is 1. The van der Waals surface area contributed by atoms with Crippen LogP contribution < -0.4 is 5.32 Å². The molecule has 1 saturated heterocycles. The van der Waals surface area contributed by atoms with Crippen LogP contribution in [0.15, 0.2) is 0 Å². The minimum Gasteiger partial charge on any atom is -0.481 e. The van der Waals surface area contributed by atoms with Crippen molar-refractivity contribution in [1.29, 1.82) is 0 Å². The molecule has 0 bridgehead atoms. The number of nitrogens with zero attached hydrogens (tertiary/aromatic N) is 1. The minimum atomic E-state index is -0.784. The zero-order valence-electron chi connectivity index (χ0n) is 11.6. The lowest BCUT2D eigenvalue weighted by molar-refractivity contribution is -0.142. The van der Waals surface area contributed by atoms with E-state index >= 15 is 0 Å². The first-order valence-corrected chi connectivity index (χ1v) is 7.40. The first kappa shape index (κ1) is 14.2. The van der Waals surface area contributed by atoms with Crippen molar-refractivity contribution in [3.63, 3.8) is 0 Å². The van der Waals surface area contributed by atoms with Crippen LogP contribution in [-0.2, 0) is 4.79 Å². The van der Waals surface area contributed by atoms with E-state index in [0.29, 0.717) is 12.3 Å². The predicted molar refractivity (Wildman–Crippen MR) is 71.9 cm³/mol. The number of carboxylic acids is 1. The Hall–Kier alpha value is -1.26. The van der Waals surface area contributed by atoms with Crippen LogP contribution in [-0.4, -0.2) is 41.1 Å². The number of nitrogens with one attached hydrogen (secondary N) is 1. The van der Waals surface area contributed by atoms with Gasteiger partial charge in [-0.15, -0.1) is 0 Å². The molecule has 0 spiro atoms. The van der Waals surface area contributed by atoms with Gasteiger partial charge in [0.25, 0.3) is 0 Å².